The molecule has 5 atom stereocenters. The van der Waals surface area contributed by atoms with Crippen molar-refractivity contribution in [2.45, 2.75) is 125 Å². The Morgan fingerprint density at radius 1 is 0.380 bits per heavy atom. The minimum absolute atomic E-state index is 0.0437. The fourth-order valence-electron chi connectivity index (χ4n) is 14.7. The van der Waals surface area contributed by atoms with Crippen molar-refractivity contribution in [1.82, 2.24) is 49.4 Å². The lowest BCUT2D eigenvalue weighted by Crippen LogP contribution is -2.48. The number of alkyl halides is 5. The summed E-state index contributed by atoms with van der Waals surface area (Å²) in [5.41, 5.74) is 15.7. The van der Waals surface area contributed by atoms with E-state index in [2.05, 4.69) is 211 Å². The number of amides is 5. The molecule has 6 fully saturated rings. The zero-order chi connectivity index (χ0) is 86.3. The van der Waals surface area contributed by atoms with Gasteiger partial charge in [0.25, 0.3) is 0 Å². The van der Waals surface area contributed by atoms with Crippen LogP contribution in [0.25, 0.3) is 55.6 Å². The van der Waals surface area contributed by atoms with Gasteiger partial charge in [0.2, 0.25) is 29.5 Å². The van der Waals surface area contributed by atoms with E-state index in [1.807, 2.05) is 120 Å². The third kappa shape index (κ3) is 24.0. The molecule has 121 heavy (non-hydrogen) atoms. The number of benzene rings is 5. The van der Waals surface area contributed by atoms with Gasteiger partial charge in [-0.1, -0.05) is 188 Å². The third-order valence-electron chi connectivity index (χ3n) is 21.0. The van der Waals surface area contributed by atoms with E-state index in [4.69, 9.17) is 0 Å². The first-order chi connectivity index (χ1) is 57.9. The van der Waals surface area contributed by atoms with Crippen molar-refractivity contribution >= 4 is 168 Å². The molecule has 634 valence electrons. The maximum atomic E-state index is 13.6. The standard InChI is InChI=1S/C20H23BrN2OS.C19H19BrN2OS.C19H21BrN2OS.C17H12BrF5N2OS.C16H15BrN2OS/c1-20(2,3)9-11-23-18(24)13-25-19(23)17-12-22-10-8-16(17)14-4-6-15(21)7-5-14;20-14-7-5-13(6-8-14)16-9-10-21-11-17(16)19-22(18(23)12-24-19)15-3-1-2-4-15;1-13(2)8-10-22-18(23)12-24-19(22)17-11-21-9-7-16(17)14-3-5-15(20)6-4-14;18-11-3-1-10(2-4-11)12-5-6-24-7-13(12)15-25(14(26)8-27-15)9-16(19,20)17(21,22)23;1-2-19-15(20)10-21-16(19)14-9-18-8-7-13(14)11-3-5-12(17)6-4-11/h4-8,10,12,19H,9,11,13H2,1-3H3;5-11,15,19H,1-4,12H2;3-7,9,11,13,19H,8,10,12H2,1-2H3;1-7,15H,8-9H2;3-9,16H,2,10H2,1H3. The summed E-state index contributed by atoms with van der Waals surface area (Å²) in [6.45, 7) is 13.7. The van der Waals surface area contributed by atoms with Crippen molar-refractivity contribution in [2.75, 3.05) is 54.9 Å². The van der Waals surface area contributed by atoms with E-state index in [1.165, 1.54) is 36.4 Å². The van der Waals surface area contributed by atoms with Crippen LogP contribution in [-0.2, 0) is 24.0 Å². The summed E-state index contributed by atoms with van der Waals surface area (Å²) in [6, 6.07) is 50.5. The molecule has 0 bridgehead atoms. The highest BCUT2D eigenvalue weighted by molar-refractivity contribution is 9.11. The second-order valence-corrected chi connectivity index (χ2v) is 40.9. The van der Waals surface area contributed by atoms with E-state index in [0.717, 1.165) is 141 Å². The molecule has 0 N–H and O–H groups in total. The molecule has 5 aromatic heterocycles. The Morgan fingerprint density at radius 3 is 0.959 bits per heavy atom. The molecule has 5 saturated heterocycles. The number of hydrogen-bond donors (Lipinski definition) is 0. The first-order valence-corrected chi connectivity index (χ1v) is 48.7. The van der Waals surface area contributed by atoms with E-state index >= 15 is 0 Å². The molecular formula is C91H90Br5F5N10O5S5. The molecule has 5 aromatic carbocycles. The zero-order valence-corrected chi connectivity index (χ0v) is 79.2. The molecule has 10 aromatic rings. The van der Waals surface area contributed by atoms with Crippen LogP contribution in [-0.4, -0.2) is 152 Å². The summed E-state index contributed by atoms with van der Waals surface area (Å²) in [5, 5.41) is -0.716. The summed E-state index contributed by atoms with van der Waals surface area (Å²) >= 11 is 25.1. The minimum Gasteiger partial charge on any atom is -0.326 e. The highest BCUT2D eigenvalue weighted by Crippen LogP contribution is 2.51. The second kappa shape index (κ2) is 42.8. The molecule has 5 aliphatic heterocycles. The molecule has 5 amide bonds. The monoisotopic (exact) mass is 2050 g/mol. The highest BCUT2D eigenvalue weighted by Gasteiger charge is 2.60. The summed E-state index contributed by atoms with van der Waals surface area (Å²) in [4.78, 5) is 91.2. The van der Waals surface area contributed by atoms with Crippen LogP contribution in [0.3, 0.4) is 0 Å². The topological polar surface area (TPSA) is 166 Å². The Labute approximate surface area is 767 Å². The summed E-state index contributed by atoms with van der Waals surface area (Å²) < 4.78 is 70.0. The highest BCUT2D eigenvalue weighted by atomic mass is 79.9. The molecular weight excluding hydrogens is 1970 g/mol. The number of aromatic nitrogens is 5. The predicted octanol–water partition coefficient (Wildman–Crippen LogP) is 25.1. The Bertz CT molecular complexity index is 5220. The van der Waals surface area contributed by atoms with Gasteiger partial charge < -0.3 is 24.5 Å². The van der Waals surface area contributed by atoms with Crippen molar-refractivity contribution < 1.29 is 45.9 Å². The number of hydrogen-bond acceptors (Lipinski definition) is 15. The lowest BCUT2D eigenvalue weighted by molar-refractivity contribution is -0.285. The molecule has 16 rings (SSSR count). The first kappa shape index (κ1) is 93.2. The molecule has 15 nitrogen and oxygen atoms in total. The van der Waals surface area contributed by atoms with Crippen molar-refractivity contribution in [3.8, 4) is 55.6 Å². The molecule has 0 radical (unpaired) electrons. The van der Waals surface area contributed by atoms with Gasteiger partial charge in [-0.25, -0.2) is 0 Å². The molecule has 30 heteroatoms. The van der Waals surface area contributed by atoms with Crippen molar-refractivity contribution in [1.29, 1.82) is 0 Å². The Kier molecular flexibility index (Phi) is 32.9. The molecule has 0 spiro atoms. The number of nitrogens with zero attached hydrogens (tertiary/aromatic N) is 10. The number of thioether (sulfide) groups is 5. The average Bonchev–Trinajstić information content (AvgIpc) is 1.03. The normalized spacial score (nSPS) is 18.8. The third-order valence-corrected chi connectivity index (χ3v) is 29.8. The van der Waals surface area contributed by atoms with Crippen LogP contribution in [0.5, 0.6) is 0 Å². The lowest BCUT2D eigenvalue weighted by atomic mass is 9.92. The van der Waals surface area contributed by atoms with Gasteiger partial charge in [-0.3, -0.25) is 48.9 Å². The summed E-state index contributed by atoms with van der Waals surface area (Å²) in [5.74, 6) is -2.17. The van der Waals surface area contributed by atoms with E-state index in [-0.39, 0.29) is 56.3 Å². The average molecular weight is 2060 g/mol. The zero-order valence-electron chi connectivity index (χ0n) is 67.2. The van der Waals surface area contributed by atoms with Crippen LogP contribution >= 0.6 is 138 Å². The van der Waals surface area contributed by atoms with Crippen LogP contribution in [0, 0.1) is 11.3 Å². The van der Waals surface area contributed by atoms with Crippen molar-refractivity contribution in [3.63, 3.8) is 0 Å². The fraction of sp³-hybridized carbons (Fsp3) is 0.341. The van der Waals surface area contributed by atoms with Crippen LogP contribution < -0.4 is 0 Å². The number of pyridine rings is 5. The van der Waals surface area contributed by atoms with Gasteiger partial charge in [0.05, 0.1) is 35.3 Å². The minimum atomic E-state index is -5.73. The van der Waals surface area contributed by atoms with Gasteiger partial charge >= 0.3 is 12.1 Å². The van der Waals surface area contributed by atoms with Crippen molar-refractivity contribution in [2.24, 2.45) is 11.3 Å². The molecule has 5 unspecified atom stereocenters. The smallest absolute Gasteiger partial charge is 0.326 e. The van der Waals surface area contributed by atoms with Gasteiger partial charge in [-0.2, -0.15) is 22.0 Å². The van der Waals surface area contributed by atoms with Gasteiger partial charge in [-0.15, -0.1) is 58.8 Å². The predicted molar refractivity (Wildman–Crippen MR) is 499 cm³/mol. The number of rotatable bonds is 19. The van der Waals surface area contributed by atoms with Crippen LogP contribution in [0.1, 0.15) is 135 Å². The van der Waals surface area contributed by atoms with E-state index < -0.39 is 29.9 Å². The molecule has 10 heterocycles. The quantitative estimate of drug-likeness (QED) is 0.0701. The number of halogens is 10. The number of carbonyl (C=O) groups is 5. The largest absolute Gasteiger partial charge is 0.455 e. The van der Waals surface area contributed by atoms with Gasteiger partial charge in [0.15, 0.2) is 0 Å². The first-order valence-electron chi connectivity index (χ1n) is 39.5. The Morgan fingerprint density at radius 2 is 0.653 bits per heavy atom. The van der Waals surface area contributed by atoms with E-state index in [0.29, 0.717) is 51.0 Å². The van der Waals surface area contributed by atoms with E-state index in [1.54, 1.807) is 83.6 Å². The van der Waals surface area contributed by atoms with Crippen LogP contribution in [0.4, 0.5) is 22.0 Å². The molecule has 6 aliphatic rings. The second-order valence-electron chi connectivity index (χ2n) is 31.0. The van der Waals surface area contributed by atoms with Crippen LogP contribution in [0.2, 0.25) is 0 Å². The maximum absolute atomic E-state index is 13.6. The molecule has 1 saturated carbocycles. The number of carbonyl (C=O) groups excluding carboxylic acids is 5. The fourth-order valence-corrected chi connectivity index (χ4v) is 22.3. The maximum Gasteiger partial charge on any atom is 0.455 e. The lowest BCUT2D eigenvalue weighted by Gasteiger charge is -2.31. The van der Waals surface area contributed by atoms with E-state index in [9.17, 15) is 45.9 Å². The van der Waals surface area contributed by atoms with Gasteiger partial charge in [0, 0.05) is 138 Å². The Balaban J connectivity index is 0.000000139. The van der Waals surface area contributed by atoms with Gasteiger partial charge in [-0.05, 0) is 191 Å². The van der Waals surface area contributed by atoms with Gasteiger partial charge in [0.1, 0.15) is 26.9 Å². The SMILES string of the molecule is CC(C)(C)CCN1C(=O)CSC1c1cnccc1-c1ccc(Br)cc1.CC(C)CCN1C(=O)CSC1c1cnccc1-c1ccc(Br)cc1.CCN1C(=O)CSC1c1cnccc1-c1ccc(Br)cc1.O=C1CSC(c2cnccc2-c2ccc(Br)cc2)N1C1CCCC1.O=C1CSC(c2cnccc2-c2ccc(Br)cc2)N1CC(F)(F)C(F)(F)F. The van der Waals surface area contributed by atoms with Crippen molar-refractivity contribution in [3.05, 3.63) is 264 Å². The summed E-state index contributed by atoms with van der Waals surface area (Å²) in [6.07, 6.45) is 18.9. The molecule has 1 aliphatic carbocycles. The summed E-state index contributed by atoms with van der Waals surface area (Å²) in [7, 11) is 0. The van der Waals surface area contributed by atoms with Crippen LogP contribution in [0.15, 0.2) is 236 Å². The Hall–Kier alpha value is -7.00.